The van der Waals surface area contributed by atoms with Crippen LogP contribution in [0.5, 0.6) is 0 Å². The van der Waals surface area contributed by atoms with Gasteiger partial charge >= 0.3 is 5.97 Å². The van der Waals surface area contributed by atoms with Gasteiger partial charge in [-0.05, 0) is 31.9 Å². The number of hydrogen-bond acceptors (Lipinski definition) is 6. The van der Waals surface area contributed by atoms with Crippen LogP contribution in [0.15, 0.2) is 18.2 Å². The Balaban J connectivity index is 2.60. The molecule has 0 saturated carbocycles. The fraction of sp³-hybridized carbons (Fsp3) is 0.471. The number of rotatable bonds is 9. The Morgan fingerprint density at radius 3 is 2.41 bits per heavy atom. The van der Waals surface area contributed by atoms with Crippen molar-refractivity contribution in [2.24, 2.45) is 0 Å². The molecule has 0 saturated heterocycles. The van der Waals surface area contributed by atoms with Crippen molar-refractivity contribution < 1.29 is 24.0 Å². The molecule has 0 unspecified atom stereocenters. The zero-order chi connectivity index (χ0) is 20.6. The molecule has 2 N–H and O–H groups in total. The SMILES string of the molecule is CCC(CC)NC(=O)COC(=O)[C@H](C)NC(=O)c1ccc(Cl)c([N+](=O)[O-])c1. The molecular formula is C17H22ClN3O6. The number of nitro groups is 1. The zero-order valence-corrected chi connectivity index (χ0v) is 16.0. The topological polar surface area (TPSA) is 128 Å². The minimum atomic E-state index is -1.05. The molecule has 1 aromatic carbocycles. The highest BCUT2D eigenvalue weighted by Crippen LogP contribution is 2.25. The minimum Gasteiger partial charge on any atom is -0.454 e. The number of nitrogens with zero attached hydrogens (tertiary/aromatic N) is 1. The molecule has 2 amide bonds. The Morgan fingerprint density at radius 2 is 1.85 bits per heavy atom. The number of nitro benzene ring substituents is 1. The second kappa shape index (κ2) is 10.5. The van der Waals surface area contributed by atoms with Crippen molar-refractivity contribution in [2.45, 2.75) is 45.7 Å². The highest BCUT2D eigenvalue weighted by molar-refractivity contribution is 6.32. The maximum absolute atomic E-state index is 12.1. The number of halogens is 1. The minimum absolute atomic E-state index is 0.00836. The van der Waals surface area contributed by atoms with Crippen LogP contribution in [-0.2, 0) is 14.3 Å². The highest BCUT2D eigenvalue weighted by Gasteiger charge is 2.21. The summed E-state index contributed by atoms with van der Waals surface area (Å²) in [7, 11) is 0. The Bertz CT molecular complexity index is 721. The number of esters is 1. The Labute approximate surface area is 161 Å². The molecule has 1 rings (SSSR count). The summed E-state index contributed by atoms with van der Waals surface area (Å²) in [6.07, 6.45) is 1.52. The molecule has 148 valence electrons. The van der Waals surface area contributed by atoms with Gasteiger partial charge in [0.2, 0.25) is 0 Å². The quantitative estimate of drug-likeness (QED) is 0.372. The van der Waals surface area contributed by atoms with Crippen LogP contribution in [0.1, 0.15) is 44.0 Å². The second-order valence-corrected chi connectivity index (χ2v) is 6.21. The number of carbonyl (C=O) groups is 3. The predicted molar refractivity (Wildman–Crippen MR) is 98.5 cm³/mol. The van der Waals surface area contributed by atoms with Crippen molar-refractivity contribution in [1.82, 2.24) is 10.6 Å². The first kappa shape index (κ1) is 22.4. The van der Waals surface area contributed by atoms with Crippen molar-refractivity contribution in [3.8, 4) is 0 Å². The Kier molecular flexibility index (Phi) is 8.67. The van der Waals surface area contributed by atoms with Gasteiger partial charge in [-0.3, -0.25) is 19.7 Å². The fourth-order valence-corrected chi connectivity index (χ4v) is 2.34. The lowest BCUT2D eigenvalue weighted by Gasteiger charge is -2.16. The predicted octanol–water partition coefficient (Wildman–Crippen LogP) is 2.21. The summed E-state index contributed by atoms with van der Waals surface area (Å²) in [5.41, 5.74) is -0.449. The standard InChI is InChI=1S/C17H22ClN3O6/c1-4-12(5-2)20-15(22)9-27-17(24)10(3)19-16(23)11-6-7-13(18)14(8-11)21(25)26/h6-8,10,12H,4-5,9H2,1-3H3,(H,19,23)(H,20,22)/t10-/m0/s1. The zero-order valence-electron chi connectivity index (χ0n) is 15.3. The number of carbonyl (C=O) groups excluding carboxylic acids is 3. The van der Waals surface area contributed by atoms with Crippen LogP contribution in [0.3, 0.4) is 0 Å². The highest BCUT2D eigenvalue weighted by atomic mass is 35.5. The van der Waals surface area contributed by atoms with Crippen LogP contribution in [0.4, 0.5) is 5.69 Å². The third-order valence-electron chi connectivity index (χ3n) is 3.80. The average Bonchev–Trinajstić information content (AvgIpc) is 2.63. The van der Waals surface area contributed by atoms with E-state index in [4.69, 9.17) is 16.3 Å². The van der Waals surface area contributed by atoms with Crippen LogP contribution < -0.4 is 10.6 Å². The van der Waals surface area contributed by atoms with E-state index in [1.807, 2.05) is 13.8 Å². The fourth-order valence-electron chi connectivity index (χ4n) is 2.16. The van der Waals surface area contributed by atoms with Crippen LogP contribution in [-0.4, -0.2) is 41.4 Å². The van der Waals surface area contributed by atoms with E-state index in [1.165, 1.54) is 19.1 Å². The first-order valence-corrected chi connectivity index (χ1v) is 8.78. The van der Waals surface area contributed by atoms with Gasteiger partial charge < -0.3 is 15.4 Å². The molecule has 0 bridgehead atoms. The van der Waals surface area contributed by atoms with Gasteiger partial charge in [0.05, 0.1) is 4.92 Å². The lowest BCUT2D eigenvalue weighted by Crippen LogP contribution is -2.42. The molecular weight excluding hydrogens is 378 g/mol. The molecule has 0 heterocycles. The van der Waals surface area contributed by atoms with E-state index < -0.39 is 41.0 Å². The van der Waals surface area contributed by atoms with Crippen molar-refractivity contribution in [3.05, 3.63) is 38.9 Å². The van der Waals surface area contributed by atoms with Gasteiger partial charge in [0.15, 0.2) is 6.61 Å². The second-order valence-electron chi connectivity index (χ2n) is 5.81. The van der Waals surface area contributed by atoms with Gasteiger partial charge in [-0.2, -0.15) is 0 Å². The van der Waals surface area contributed by atoms with Crippen molar-refractivity contribution in [2.75, 3.05) is 6.61 Å². The molecule has 9 nitrogen and oxygen atoms in total. The Hall–Kier alpha value is -2.68. The molecule has 0 aliphatic carbocycles. The largest absolute Gasteiger partial charge is 0.454 e. The molecule has 0 fully saturated rings. The normalized spacial score (nSPS) is 11.6. The van der Waals surface area contributed by atoms with Crippen molar-refractivity contribution >= 4 is 35.1 Å². The van der Waals surface area contributed by atoms with Gasteiger partial charge in [0, 0.05) is 17.7 Å². The summed E-state index contributed by atoms with van der Waals surface area (Å²) in [6.45, 7) is 4.78. The molecule has 27 heavy (non-hydrogen) atoms. The summed E-state index contributed by atoms with van der Waals surface area (Å²) >= 11 is 5.69. The number of ether oxygens (including phenoxy) is 1. The number of nitrogens with one attached hydrogen (secondary N) is 2. The Morgan fingerprint density at radius 1 is 1.22 bits per heavy atom. The van der Waals surface area contributed by atoms with Gasteiger partial charge in [-0.25, -0.2) is 4.79 Å². The number of hydrogen-bond donors (Lipinski definition) is 2. The molecule has 10 heteroatoms. The summed E-state index contributed by atoms with van der Waals surface area (Å²) in [5, 5.41) is 15.8. The van der Waals surface area contributed by atoms with Crippen LogP contribution in [0, 0.1) is 10.1 Å². The van der Waals surface area contributed by atoms with Gasteiger partial charge in [-0.15, -0.1) is 0 Å². The van der Waals surface area contributed by atoms with Gasteiger partial charge in [0.25, 0.3) is 17.5 Å². The first-order valence-electron chi connectivity index (χ1n) is 8.40. The summed E-state index contributed by atoms with van der Waals surface area (Å²) in [4.78, 5) is 45.9. The van der Waals surface area contributed by atoms with Gasteiger partial charge in [-0.1, -0.05) is 25.4 Å². The maximum atomic E-state index is 12.1. The van der Waals surface area contributed by atoms with Crippen molar-refractivity contribution in [1.29, 1.82) is 0 Å². The smallest absolute Gasteiger partial charge is 0.328 e. The molecule has 1 aromatic rings. The van der Waals surface area contributed by atoms with Crippen LogP contribution >= 0.6 is 11.6 Å². The molecule has 0 aromatic heterocycles. The van der Waals surface area contributed by atoms with E-state index in [0.717, 1.165) is 18.9 Å². The average molecular weight is 400 g/mol. The van der Waals surface area contributed by atoms with E-state index in [-0.39, 0.29) is 16.6 Å². The molecule has 0 radical (unpaired) electrons. The first-order chi connectivity index (χ1) is 12.7. The van der Waals surface area contributed by atoms with E-state index in [1.54, 1.807) is 0 Å². The van der Waals surface area contributed by atoms with E-state index >= 15 is 0 Å². The number of amides is 2. The molecule has 0 aliphatic rings. The van der Waals surface area contributed by atoms with Crippen LogP contribution in [0.2, 0.25) is 5.02 Å². The van der Waals surface area contributed by atoms with Crippen LogP contribution in [0.25, 0.3) is 0 Å². The number of benzene rings is 1. The van der Waals surface area contributed by atoms with E-state index in [9.17, 15) is 24.5 Å². The van der Waals surface area contributed by atoms with E-state index in [0.29, 0.717) is 0 Å². The summed E-state index contributed by atoms with van der Waals surface area (Å²) in [6, 6.07) is 2.49. The van der Waals surface area contributed by atoms with Crippen molar-refractivity contribution in [3.63, 3.8) is 0 Å². The lowest BCUT2D eigenvalue weighted by atomic mass is 10.1. The summed E-state index contributed by atoms with van der Waals surface area (Å²) < 4.78 is 4.88. The molecule has 1 atom stereocenters. The molecule has 0 spiro atoms. The monoisotopic (exact) mass is 399 g/mol. The maximum Gasteiger partial charge on any atom is 0.328 e. The third-order valence-corrected chi connectivity index (χ3v) is 4.12. The van der Waals surface area contributed by atoms with E-state index in [2.05, 4.69) is 10.6 Å². The summed E-state index contributed by atoms with van der Waals surface area (Å²) in [5.74, 6) is -1.93. The third kappa shape index (κ3) is 6.86. The molecule has 0 aliphatic heterocycles. The van der Waals surface area contributed by atoms with Gasteiger partial charge in [0.1, 0.15) is 11.1 Å². The lowest BCUT2D eigenvalue weighted by molar-refractivity contribution is -0.384.